The highest BCUT2D eigenvalue weighted by Crippen LogP contribution is 2.43. The smallest absolute Gasteiger partial charge is 0.300 e. The number of aliphatic hydroxyl groups is 1. The summed E-state index contributed by atoms with van der Waals surface area (Å²) in [5.41, 5.74) is 2.13. The first-order valence-electron chi connectivity index (χ1n) is 10.2. The molecule has 2 aromatic carbocycles. The van der Waals surface area contributed by atoms with Gasteiger partial charge >= 0.3 is 0 Å². The summed E-state index contributed by atoms with van der Waals surface area (Å²) in [6, 6.07) is 14.5. The van der Waals surface area contributed by atoms with Gasteiger partial charge in [0.2, 0.25) is 0 Å². The van der Waals surface area contributed by atoms with E-state index in [-0.39, 0.29) is 26.9 Å². The van der Waals surface area contributed by atoms with Gasteiger partial charge in [-0.1, -0.05) is 48.3 Å². The van der Waals surface area contributed by atoms with Gasteiger partial charge in [-0.3, -0.25) is 19.5 Å². The van der Waals surface area contributed by atoms with Crippen molar-refractivity contribution in [1.29, 1.82) is 0 Å². The van der Waals surface area contributed by atoms with Crippen molar-refractivity contribution in [3.05, 3.63) is 93.2 Å². The minimum absolute atomic E-state index is 0.101. The molecule has 1 saturated heterocycles. The molecule has 1 N–H and O–H groups in total. The van der Waals surface area contributed by atoms with Crippen molar-refractivity contribution in [3.63, 3.8) is 0 Å². The Hall–Kier alpha value is -3.35. The second-order valence-corrected chi connectivity index (χ2v) is 8.23. The average molecular weight is 483 g/mol. The van der Waals surface area contributed by atoms with Crippen molar-refractivity contribution in [2.45, 2.75) is 19.4 Å². The van der Waals surface area contributed by atoms with Crippen LogP contribution in [0.3, 0.4) is 0 Å². The van der Waals surface area contributed by atoms with Gasteiger partial charge in [-0.2, -0.15) is 0 Å². The molecule has 168 valence electrons. The predicted molar refractivity (Wildman–Crippen MR) is 128 cm³/mol. The average Bonchev–Trinajstić information content (AvgIpc) is 3.09. The van der Waals surface area contributed by atoms with Crippen LogP contribution in [0.25, 0.3) is 5.76 Å². The summed E-state index contributed by atoms with van der Waals surface area (Å²) >= 11 is 12.5. The maximum absolute atomic E-state index is 13.2. The second kappa shape index (κ2) is 9.25. The van der Waals surface area contributed by atoms with Gasteiger partial charge in [0, 0.05) is 17.4 Å². The highest BCUT2D eigenvalue weighted by Gasteiger charge is 2.47. The molecule has 1 aliphatic rings. The van der Waals surface area contributed by atoms with Gasteiger partial charge in [-0.25, -0.2) is 0 Å². The molecule has 4 rings (SSSR count). The molecule has 1 atom stereocenters. The minimum Gasteiger partial charge on any atom is -0.507 e. The summed E-state index contributed by atoms with van der Waals surface area (Å²) < 4.78 is 5.16. The number of amides is 1. The maximum Gasteiger partial charge on any atom is 0.300 e. The third-order valence-electron chi connectivity index (χ3n) is 5.51. The Morgan fingerprint density at radius 1 is 1.09 bits per heavy atom. The Kier molecular flexibility index (Phi) is 6.40. The second-order valence-electron chi connectivity index (χ2n) is 7.42. The van der Waals surface area contributed by atoms with E-state index in [2.05, 4.69) is 4.98 Å². The lowest BCUT2D eigenvalue weighted by molar-refractivity contribution is -0.132. The van der Waals surface area contributed by atoms with E-state index in [9.17, 15) is 14.7 Å². The number of carbonyl (C=O) groups is 2. The van der Waals surface area contributed by atoms with Crippen LogP contribution in [-0.4, -0.2) is 28.9 Å². The predicted octanol–water partition coefficient (Wildman–Crippen LogP) is 5.59. The number of pyridine rings is 1. The summed E-state index contributed by atoms with van der Waals surface area (Å²) in [6.07, 6.45) is 2.40. The number of aromatic nitrogens is 1. The SMILES string of the molecule is CCc1ccc(N2C(=O)C(=O)/C(=C(/O)c3cc(Cl)c(OC)c(Cl)c3)C2c2ccccn2)cc1. The van der Waals surface area contributed by atoms with Gasteiger partial charge in [0.25, 0.3) is 11.7 Å². The summed E-state index contributed by atoms with van der Waals surface area (Å²) in [4.78, 5) is 32.0. The first-order valence-corrected chi connectivity index (χ1v) is 11.0. The molecule has 1 fully saturated rings. The molecule has 0 saturated carbocycles. The van der Waals surface area contributed by atoms with E-state index in [4.69, 9.17) is 27.9 Å². The molecule has 0 bridgehead atoms. The number of aryl methyl sites for hydroxylation is 1. The van der Waals surface area contributed by atoms with Crippen LogP contribution in [0.5, 0.6) is 5.75 Å². The lowest BCUT2D eigenvalue weighted by Gasteiger charge is -2.24. The van der Waals surface area contributed by atoms with Crippen molar-refractivity contribution in [1.82, 2.24) is 4.98 Å². The quantitative estimate of drug-likeness (QED) is 0.291. The van der Waals surface area contributed by atoms with Crippen LogP contribution in [0, 0.1) is 0 Å². The molecule has 1 amide bonds. The van der Waals surface area contributed by atoms with E-state index in [0.717, 1.165) is 12.0 Å². The number of hydrogen-bond acceptors (Lipinski definition) is 5. The van der Waals surface area contributed by atoms with E-state index in [1.165, 1.54) is 24.1 Å². The summed E-state index contributed by atoms with van der Waals surface area (Å²) in [7, 11) is 1.42. The third-order valence-corrected chi connectivity index (χ3v) is 6.07. The number of ether oxygens (including phenoxy) is 1. The first-order chi connectivity index (χ1) is 15.9. The van der Waals surface area contributed by atoms with E-state index >= 15 is 0 Å². The van der Waals surface area contributed by atoms with E-state index < -0.39 is 23.5 Å². The molecule has 2 heterocycles. The maximum atomic E-state index is 13.2. The zero-order chi connectivity index (χ0) is 23.7. The summed E-state index contributed by atoms with van der Waals surface area (Å²) in [5, 5.41) is 11.5. The molecule has 1 aliphatic heterocycles. The highest BCUT2D eigenvalue weighted by atomic mass is 35.5. The summed E-state index contributed by atoms with van der Waals surface area (Å²) in [6.45, 7) is 2.03. The number of nitrogens with zero attached hydrogens (tertiary/aromatic N) is 2. The van der Waals surface area contributed by atoms with Crippen LogP contribution in [0.2, 0.25) is 10.0 Å². The highest BCUT2D eigenvalue weighted by molar-refractivity contribution is 6.51. The van der Waals surface area contributed by atoms with E-state index in [1.54, 1.807) is 36.5 Å². The number of anilines is 1. The molecule has 33 heavy (non-hydrogen) atoms. The Labute approximate surface area is 201 Å². The Bertz CT molecular complexity index is 1230. The number of halogens is 2. The standard InChI is InChI=1S/C25H20Cl2N2O4/c1-3-14-7-9-16(10-8-14)29-21(19-6-4-5-11-28-19)20(23(31)25(29)32)22(30)15-12-17(26)24(33-2)18(27)13-15/h4-13,21,30H,3H2,1-2H3/b22-20+. The van der Waals surface area contributed by atoms with Crippen molar-refractivity contribution < 1.29 is 19.4 Å². The zero-order valence-electron chi connectivity index (χ0n) is 17.9. The van der Waals surface area contributed by atoms with Crippen LogP contribution in [-0.2, 0) is 16.0 Å². The van der Waals surface area contributed by atoms with Crippen molar-refractivity contribution in [2.75, 3.05) is 12.0 Å². The number of Topliss-reactive ketones (excluding diaryl/α,β-unsaturated/α-hetero) is 1. The topological polar surface area (TPSA) is 79.7 Å². The molecule has 6 nitrogen and oxygen atoms in total. The molecule has 3 aromatic rings. The van der Waals surface area contributed by atoms with Gasteiger partial charge in [0.15, 0.2) is 5.75 Å². The lowest BCUT2D eigenvalue weighted by Crippen LogP contribution is -2.29. The van der Waals surface area contributed by atoms with Crippen LogP contribution < -0.4 is 9.64 Å². The number of ketones is 1. The number of benzene rings is 2. The Morgan fingerprint density at radius 3 is 2.30 bits per heavy atom. The van der Waals surface area contributed by atoms with Crippen LogP contribution in [0.4, 0.5) is 5.69 Å². The van der Waals surface area contributed by atoms with E-state index in [0.29, 0.717) is 11.4 Å². The molecular weight excluding hydrogens is 463 g/mol. The Balaban J connectivity index is 1.92. The van der Waals surface area contributed by atoms with Crippen LogP contribution in [0.1, 0.15) is 29.8 Å². The lowest BCUT2D eigenvalue weighted by atomic mass is 9.98. The van der Waals surface area contributed by atoms with Crippen molar-refractivity contribution >= 4 is 46.3 Å². The van der Waals surface area contributed by atoms with Gasteiger partial charge in [0.05, 0.1) is 28.4 Å². The zero-order valence-corrected chi connectivity index (χ0v) is 19.4. The molecule has 1 unspecified atom stereocenters. The number of hydrogen-bond donors (Lipinski definition) is 1. The first kappa shape index (κ1) is 22.8. The van der Waals surface area contributed by atoms with Gasteiger partial charge in [0.1, 0.15) is 11.8 Å². The molecule has 8 heteroatoms. The number of aliphatic hydroxyl groups excluding tert-OH is 1. The molecule has 1 aromatic heterocycles. The van der Waals surface area contributed by atoms with Crippen LogP contribution >= 0.6 is 23.2 Å². The van der Waals surface area contributed by atoms with Gasteiger partial charge in [-0.05, 0) is 48.4 Å². The van der Waals surface area contributed by atoms with Gasteiger partial charge in [-0.15, -0.1) is 0 Å². The fourth-order valence-corrected chi connectivity index (χ4v) is 4.50. The third kappa shape index (κ3) is 4.08. The van der Waals surface area contributed by atoms with Crippen molar-refractivity contribution in [2.24, 2.45) is 0 Å². The molecule has 0 aliphatic carbocycles. The minimum atomic E-state index is -0.932. The number of methoxy groups -OCH3 is 1. The fourth-order valence-electron chi connectivity index (χ4n) is 3.86. The molecule has 0 radical (unpaired) electrons. The van der Waals surface area contributed by atoms with Crippen molar-refractivity contribution in [3.8, 4) is 5.75 Å². The molecular formula is C25H20Cl2N2O4. The Morgan fingerprint density at radius 2 is 1.76 bits per heavy atom. The fraction of sp³-hybridized carbons (Fsp3) is 0.160. The largest absolute Gasteiger partial charge is 0.507 e. The normalized spacial score (nSPS) is 17.5. The monoisotopic (exact) mass is 482 g/mol. The molecule has 0 spiro atoms. The number of carbonyl (C=O) groups excluding carboxylic acids is 2. The number of rotatable bonds is 5. The van der Waals surface area contributed by atoms with Crippen LogP contribution in [0.15, 0.2) is 66.4 Å². The van der Waals surface area contributed by atoms with Gasteiger partial charge < -0.3 is 9.84 Å². The van der Waals surface area contributed by atoms with E-state index in [1.807, 2.05) is 19.1 Å². The summed E-state index contributed by atoms with van der Waals surface area (Å²) in [5.74, 6) is -1.75.